The Morgan fingerprint density at radius 1 is 1.13 bits per heavy atom. The van der Waals surface area contributed by atoms with Gasteiger partial charge in [-0.1, -0.05) is 0 Å². The van der Waals surface area contributed by atoms with Gasteiger partial charge in [0.1, 0.15) is 0 Å². The zero-order chi connectivity index (χ0) is 10.7. The number of rotatable bonds is 2. The lowest BCUT2D eigenvalue weighted by atomic mass is 9.63. The van der Waals surface area contributed by atoms with Gasteiger partial charge in [-0.25, -0.2) is 0 Å². The van der Waals surface area contributed by atoms with Crippen LogP contribution in [0.3, 0.4) is 0 Å². The third-order valence-corrected chi connectivity index (χ3v) is 4.44. The molecular weight excluding hydrogens is 190 g/mol. The van der Waals surface area contributed by atoms with Crippen LogP contribution in [0.1, 0.15) is 38.5 Å². The zero-order valence-corrected chi connectivity index (χ0v) is 9.45. The molecule has 0 atom stereocenters. The molecule has 0 radical (unpaired) electrons. The maximum atomic E-state index is 9.57. The molecule has 15 heavy (non-hydrogen) atoms. The molecule has 2 fully saturated rings. The molecule has 3 heteroatoms. The van der Waals surface area contributed by atoms with Gasteiger partial charge in [-0.2, -0.15) is 0 Å². The van der Waals surface area contributed by atoms with E-state index in [4.69, 9.17) is 10.5 Å². The summed E-state index contributed by atoms with van der Waals surface area (Å²) >= 11 is 0. The quantitative estimate of drug-likeness (QED) is 0.727. The van der Waals surface area contributed by atoms with Crippen LogP contribution in [0, 0.1) is 11.3 Å². The van der Waals surface area contributed by atoms with Crippen LogP contribution >= 0.6 is 0 Å². The number of aliphatic hydroxyl groups excluding tert-OH is 1. The molecule has 0 amide bonds. The van der Waals surface area contributed by atoms with Gasteiger partial charge in [0, 0.05) is 13.2 Å². The molecule has 0 spiro atoms. The van der Waals surface area contributed by atoms with Crippen LogP contribution in [0.25, 0.3) is 0 Å². The van der Waals surface area contributed by atoms with Crippen molar-refractivity contribution >= 4 is 0 Å². The van der Waals surface area contributed by atoms with Crippen LogP contribution in [0.2, 0.25) is 0 Å². The maximum Gasteiger partial charge on any atom is 0.0540 e. The van der Waals surface area contributed by atoms with E-state index in [1.54, 1.807) is 0 Å². The van der Waals surface area contributed by atoms with Crippen LogP contribution in [-0.4, -0.2) is 31.0 Å². The SMILES string of the molecule is NCC1(C2CCOCC2)CCC(O)CC1. The van der Waals surface area contributed by atoms with Crippen molar-refractivity contribution in [1.29, 1.82) is 0 Å². The standard InChI is InChI=1S/C12H23NO2/c13-9-12(5-1-11(14)2-6-12)10-3-7-15-8-4-10/h10-11,14H,1-9,13H2. The Morgan fingerprint density at radius 2 is 1.73 bits per heavy atom. The average Bonchev–Trinajstić information content (AvgIpc) is 2.32. The van der Waals surface area contributed by atoms with Crippen molar-refractivity contribution in [2.75, 3.05) is 19.8 Å². The van der Waals surface area contributed by atoms with Gasteiger partial charge in [-0.05, 0) is 56.4 Å². The lowest BCUT2D eigenvalue weighted by Crippen LogP contribution is -2.44. The summed E-state index contributed by atoms with van der Waals surface area (Å²) < 4.78 is 5.41. The summed E-state index contributed by atoms with van der Waals surface area (Å²) in [5, 5.41) is 9.57. The number of hydrogen-bond donors (Lipinski definition) is 2. The predicted molar refractivity (Wildman–Crippen MR) is 59.5 cm³/mol. The first-order chi connectivity index (χ1) is 7.27. The lowest BCUT2D eigenvalue weighted by molar-refractivity contribution is -0.0251. The second-order valence-electron chi connectivity index (χ2n) is 5.18. The third-order valence-electron chi connectivity index (χ3n) is 4.44. The van der Waals surface area contributed by atoms with E-state index in [0.29, 0.717) is 5.41 Å². The van der Waals surface area contributed by atoms with Crippen molar-refractivity contribution in [3.8, 4) is 0 Å². The van der Waals surface area contributed by atoms with Gasteiger partial charge in [0.05, 0.1) is 6.10 Å². The van der Waals surface area contributed by atoms with Crippen molar-refractivity contribution in [1.82, 2.24) is 0 Å². The van der Waals surface area contributed by atoms with Gasteiger partial charge in [0.2, 0.25) is 0 Å². The largest absolute Gasteiger partial charge is 0.393 e. The first-order valence-electron chi connectivity index (χ1n) is 6.23. The molecule has 2 aliphatic rings. The topological polar surface area (TPSA) is 55.5 Å². The normalized spacial score (nSPS) is 39.2. The number of hydrogen-bond acceptors (Lipinski definition) is 3. The highest BCUT2D eigenvalue weighted by molar-refractivity contribution is 4.92. The zero-order valence-electron chi connectivity index (χ0n) is 9.45. The number of nitrogens with two attached hydrogens (primary N) is 1. The Bertz CT molecular complexity index is 194. The molecule has 1 aliphatic heterocycles. The molecular formula is C12H23NO2. The Morgan fingerprint density at radius 3 is 2.27 bits per heavy atom. The van der Waals surface area contributed by atoms with Crippen LogP contribution in [0.5, 0.6) is 0 Å². The predicted octanol–water partition coefficient (Wildman–Crippen LogP) is 1.29. The summed E-state index contributed by atoms with van der Waals surface area (Å²) in [6.45, 7) is 2.58. The molecule has 0 aromatic heterocycles. The summed E-state index contributed by atoms with van der Waals surface area (Å²) in [7, 11) is 0. The van der Waals surface area contributed by atoms with E-state index < -0.39 is 0 Å². The summed E-state index contributed by atoms with van der Waals surface area (Å²) in [6, 6.07) is 0. The van der Waals surface area contributed by atoms with Gasteiger partial charge >= 0.3 is 0 Å². The second kappa shape index (κ2) is 4.81. The van der Waals surface area contributed by atoms with Crippen molar-refractivity contribution in [2.45, 2.75) is 44.6 Å². The Labute approximate surface area is 92.0 Å². The molecule has 1 aliphatic carbocycles. The Balaban J connectivity index is 2.00. The summed E-state index contributed by atoms with van der Waals surface area (Å²) in [6.07, 6.45) is 6.33. The van der Waals surface area contributed by atoms with E-state index in [2.05, 4.69) is 0 Å². The van der Waals surface area contributed by atoms with E-state index in [1.165, 1.54) is 0 Å². The van der Waals surface area contributed by atoms with Crippen molar-refractivity contribution in [2.24, 2.45) is 17.1 Å². The minimum absolute atomic E-state index is 0.0792. The molecule has 0 aromatic rings. The van der Waals surface area contributed by atoms with Crippen LogP contribution in [-0.2, 0) is 4.74 Å². The van der Waals surface area contributed by atoms with Gasteiger partial charge in [-0.3, -0.25) is 0 Å². The molecule has 0 bridgehead atoms. The van der Waals surface area contributed by atoms with Gasteiger partial charge < -0.3 is 15.6 Å². The fourth-order valence-corrected chi connectivity index (χ4v) is 3.27. The summed E-state index contributed by atoms with van der Waals surface area (Å²) in [4.78, 5) is 0. The smallest absolute Gasteiger partial charge is 0.0540 e. The van der Waals surface area contributed by atoms with Crippen LogP contribution in [0.15, 0.2) is 0 Å². The monoisotopic (exact) mass is 213 g/mol. The van der Waals surface area contributed by atoms with Crippen molar-refractivity contribution < 1.29 is 9.84 Å². The first kappa shape index (κ1) is 11.4. The van der Waals surface area contributed by atoms with Crippen LogP contribution < -0.4 is 5.73 Å². The molecule has 0 aromatic carbocycles. The molecule has 0 unspecified atom stereocenters. The average molecular weight is 213 g/mol. The first-order valence-corrected chi connectivity index (χ1v) is 6.23. The van der Waals surface area contributed by atoms with E-state index in [1.807, 2.05) is 0 Å². The highest BCUT2D eigenvalue weighted by Gasteiger charge is 2.40. The van der Waals surface area contributed by atoms with Crippen molar-refractivity contribution in [3.05, 3.63) is 0 Å². The summed E-state index contributed by atoms with van der Waals surface area (Å²) in [5.41, 5.74) is 6.30. The molecule has 1 saturated heterocycles. The molecule has 3 nitrogen and oxygen atoms in total. The highest BCUT2D eigenvalue weighted by atomic mass is 16.5. The van der Waals surface area contributed by atoms with Crippen molar-refractivity contribution in [3.63, 3.8) is 0 Å². The molecule has 3 N–H and O–H groups in total. The van der Waals surface area contributed by atoms with Gasteiger partial charge in [-0.15, -0.1) is 0 Å². The van der Waals surface area contributed by atoms with Gasteiger partial charge in [0.15, 0.2) is 0 Å². The van der Waals surface area contributed by atoms with E-state index in [-0.39, 0.29) is 6.10 Å². The number of aliphatic hydroxyl groups is 1. The Hall–Kier alpha value is -0.120. The molecule has 1 heterocycles. The number of ether oxygens (including phenoxy) is 1. The third kappa shape index (κ3) is 2.35. The fraction of sp³-hybridized carbons (Fsp3) is 1.00. The summed E-state index contributed by atoms with van der Waals surface area (Å²) in [5.74, 6) is 0.726. The van der Waals surface area contributed by atoms with Crippen LogP contribution in [0.4, 0.5) is 0 Å². The minimum atomic E-state index is -0.0792. The maximum absolute atomic E-state index is 9.57. The minimum Gasteiger partial charge on any atom is -0.393 e. The van der Waals surface area contributed by atoms with E-state index in [0.717, 1.165) is 64.2 Å². The molecule has 1 saturated carbocycles. The second-order valence-corrected chi connectivity index (χ2v) is 5.18. The van der Waals surface area contributed by atoms with E-state index in [9.17, 15) is 5.11 Å². The highest BCUT2D eigenvalue weighted by Crippen LogP contribution is 2.45. The lowest BCUT2D eigenvalue weighted by Gasteiger charge is -2.45. The van der Waals surface area contributed by atoms with E-state index >= 15 is 0 Å². The Kier molecular flexibility index (Phi) is 3.65. The fourth-order valence-electron chi connectivity index (χ4n) is 3.27. The van der Waals surface area contributed by atoms with Gasteiger partial charge in [0.25, 0.3) is 0 Å². The molecule has 2 rings (SSSR count). The molecule has 88 valence electrons.